The van der Waals surface area contributed by atoms with Gasteiger partial charge in [0.05, 0.1) is 13.0 Å². The summed E-state index contributed by atoms with van der Waals surface area (Å²) in [4.78, 5) is 46.2. The van der Waals surface area contributed by atoms with Crippen molar-refractivity contribution in [2.45, 2.75) is 52.0 Å². The highest BCUT2D eigenvalue weighted by Crippen LogP contribution is 2.39. The van der Waals surface area contributed by atoms with E-state index in [1.165, 1.54) is 13.4 Å². The van der Waals surface area contributed by atoms with Crippen molar-refractivity contribution in [2.24, 2.45) is 5.41 Å². The molecule has 218 valence electrons. The molecule has 10 nitrogen and oxygen atoms in total. The average molecular weight is 636 g/mol. The fourth-order valence-corrected chi connectivity index (χ4v) is 5.36. The Balaban J connectivity index is 1.24. The van der Waals surface area contributed by atoms with Gasteiger partial charge in [0.1, 0.15) is 12.3 Å². The van der Waals surface area contributed by atoms with Gasteiger partial charge in [-0.15, -0.1) is 0 Å². The summed E-state index contributed by atoms with van der Waals surface area (Å²) in [6, 6.07) is 15.1. The lowest BCUT2D eigenvalue weighted by Gasteiger charge is -2.28. The van der Waals surface area contributed by atoms with Crippen LogP contribution < -0.4 is 10.6 Å². The van der Waals surface area contributed by atoms with Crippen molar-refractivity contribution in [3.05, 3.63) is 87.7 Å². The highest BCUT2D eigenvalue weighted by Gasteiger charge is 2.34. The van der Waals surface area contributed by atoms with Crippen LogP contribution in [0.25, 0.3) is 11.6 Å². The molecule has 2 aromatic heterocycles. The lowest BCUT2D eigenvalue weighted by molar-refractivity contribution is -0.123. The molecule has 0 spiro atoms. The maximum absolute atomic E-state index is 13.1. The van der Waals surface area contributed by atoms with Crippen LogP contribution in [0.15, 0.2) is 68.3 Å². The van der Waals surface area contributed by atoms with Crippen LogP contribution in [0.2, 0.25) is 0 Å². The third kappa shape index (κ3) is 6.15. The molecular formula is C31H31BrN4O6. The molecule has 5 rings (SSSR count). The number of fused-ring (bicyclic) bond motifs is 1. The minimum absolute atomic E-state index is 0.00597. The van der Waals surface area contributed by atoms with Crippen molar-refractivity contribution in [3.63, 3.8) is 0 Å². The fraction of sp³-hybridized carbons (Fsp3) is 0.323. The highest BCUT2D eigenvalue weighted by atomic mass is 79.9. The number of aryl methyl sites for hydroxylation is 1. The normalized spacial score (nSPS) is 15.2. The quantitative estimate of drug-likeness (QED) is 0.208. The number of nitrogens with one attached hydrogen (secondary N) is 2. The van der Waals surface area contributed by atoms with E-state index in [1.807, 2.05) is 63.2 Å². The lowest BCUT2D eigenvalue weighted by Crippen LogP contribution is -2.36. The first-order valence-electron chi connectivity index (χ1n) is 13.5. The van der Waals surface area contributed by atoms with Gasteiger partial charge in [-0.3, -0.25) is 9.59 Å². The number of methoxy groups -OCH3 is 1. The summed E-state index contributed by atoms with van der Waals surface area (Å²) in [5, 5.41) is 6.04. The molecule has 42 heavy (non-hydrogen) atoms. The molecule has 4 aromatic rings. The van der Waals surface area contributed by atoms with Gasteiger partial charge in [-0.2, -0.15) is 0 Å². The van der Waals surface area contributed by atoms with E-state index in [2.05, 4.69) is 47.3 Å². The van der Waals surface area contributed by atoms with E-state index >= 15 is 0 Å². The Kier molecular flexibility index (Phi) is 8.31. The molecule has 3 heterocycles. The Morgan fingerprint density at radius 1 is 1.14 bits per heavy atom. The van der Waals surface area contributed by atoms with Crippen LogP contribution in [-0.4, -0.2) is 34.9 Å². The first-order valence-corrected chi connectivity index (χ1v) is 14.3. The zero-order valence-corrected chi connectivity index (χ0v) is 25.3. The smallest absolute Gasteiger partial charge is 0.360 e. The fourth-order valence-electron chi connectivity index (χ4n) is 4.93. The van der Waals surface area contributed by atoms with E-state index in [0.717, 1.165) is 22.4 Å². The monoisotopic (exact) mass is 634 g/mol. The van der Waals surface area contributed by atoms with Gasteiger partial charge in [-0.1, -0.05) is 63.2 Å². The van der Waals surface area contributed by atoms with Crippen LogP contribution >= 0.6 is 15.9 Å². The van der Waals surface area contributed by atoms with Gasteiger partial charge < -0.3 is 24.2 Å². The van der Waals surface area contributed by atoms with Crippen molar-refractivity contribution in [3.8, 4) is 11.6 Å². The number of ether oxygens (including phenoxy) is 1. The molecule has 11 heteroatoms. The van der Waals surface area contributed by atoms with Crippen molar-refractivity contribution in [1.82, 2.24) is 15.3 Å². The predicted molar refractivity (Wildman–Crippen MR) is 158 cm³/mol. The molecule has 0 fully saturated rings. The number of halogens is 1. The van der Waals surface area contributed by atoms with Crippen molar-refractivity contribution < 1.29 is 28.0 Å². The van der Waals surface area contributed by atoms with Crippen LogP contribution in [0.5, 0.6) is 0 Å². The van der Waals surface area contributed by atoms with E-state index in [9.17, 15) is 14.4 Å². The first-order chi connectivity index (χ1) is 20.0. The molecule has 2 atom stereocenters. The molecule has 2 amide bonds. The number of rotatable bonds is 9. The molecule has 0 radical (unpaired) electrons. The topological polar surface area (TPSA) is 137 Å². The van der Waals surface area contributed by atoms with E-state index in [-0.39, 0.29) is 45.6 Å². The largest absolute Gasteiger partial charge is 0.464 e. The third-order valence-corrected chi connectivity index (χ3v) is 7.61. The minimum atomic E-state index is -0.634. The first kappa shape index (κ1) is 29.2. The van der Waals surface area contributed by atoms with Gasteiger partial charge in [0, 0.05) is 12.1 Å². The molecule has 0 bridgehead atoms. The number of oxazole rings is 2. The van der Waals surface area contributed by atoms with Gasteiger partial charge in [0.2, 0.25) is 22.4 Å². The van der Waals surface area contributed by atoms with Gasteiger partial charge in [-0.25, -0.2) is 14.8 Å². The standard InChI is InChI=1S/C31H31BrN4O6/c1-31(2,3)25(29-36-24(26(32)42-29)28-34-21(16-41-28)30(39)40-4)35-22(37)12-8-9-17-13-14-20-19(15-17)23(27(38)33-20)18-10-6-5-7-11-18/h5-7,10-11,13-16,23,25H,8-9,12H2,1-4H3,(H,33,38)(H,35,37). The van der Waals surface area contributed by atoms with E-state index < -0.39 is 17.4 Å². The maximum atomic E-state index is 13.1. The summed E-state index contributed by atoms with van der Waals surface area (Å²) in [7, 11) is 1.25. The Labute approximate surface area is 251 Å². The number of hydrogen-bond acceptors (Lipinski definition) is 8. The lowest BCUT2D eigenvalue weighted by atomic mass is 9.86. The number of carbonyl (C=O) groups is 3. The summed E-state index contributed by atoms with van der Waals surface area (Å²) in [6.45, 7) is 5.91. The van der Waals surface area contributed by atoms with Crippen LogP contribution in [-0.2, 0) is 20.7 Å². The molecule has 0 aliphatic carbocycles. The summed E-state index contributed by atoms with van der Waals surface area (Å²) in [6.07, 6.45) is 2.77. The highest BCUT2D eigenvalue weighted by molar-refractivity contribution is 9.10. The molecule has 1 aliphatic heterocycles. The van der Waals surface area contributed by atoms with Crippen LogP contribution in [0.1, 0.15) is 78.6 Å². The Hall–Kier alpha value is -4.25. The summed E-state index contributed by atoms with van der Waals surface area (Å²) < 4.78 is 16.2. The summed E-state index contributed by atoms with van der Waals surface area (Å²) >= 11 is 3.35. The molecule has 1 aliphatic rings. The molecule has 2 unspecified atom stereocenters. The summed E-state index contributed by atoms with van der Waals surface area (Å²) in [5.41, 5.74) is 3.63. The SMILES string of the molecule is COC(=O)c1coc(-c2nc(C(NC(=O)CCCc3ccc4c(c3)C(c3ccccc3)C(=O)N4)C(C)(C)C)oc2Br)n1. The Morgan fingerprint density at radius 3 is 2.62 bits per heavy atom. The number of anilines is 1. The second kappa shape index (κ2) is 11.9. The average Bonchev–Trinajstić information content (AvgIpc) is 3.67. The van der Waals surface area contributed by atoms with Crippen LogP contribution in [0, 0.1) is 5.41 Å². The molecule has 0 saturated heterocycles. The van der Waals surface area contributed by atoms with E-state index in [1.54, 1.807) is 0 Å². The second-order valence-corrected chi connectivity index (χ2v) is 11.9. The van der Waals surface area contributed by atoms with Gasteiger partial charge in [0.25, 0.3) is 5.89 Å². The minimum Gasteiger partial charge on any atom is -0.464 e. The number of hydrogen-bond donors (Lipinski definition) is 2. The van der Waals surface area contributed by atoms with Gasteiger partial charge in [0.15, 0.2) is 11.4 Å². The van der Waals surface area contributed by atoms with Crippen LogP contribution in [0.4, 0.5) is 5.69 Å². The molecule has 2 aromatic carbocycles. The molecule has 0 saturated carbocycles. The van der Waals surface area contributed by atoms with Crippen molar-refractivity contribution in [1.29, 1.82) is 0 Å². The number of nitrogens with zero attached hydrogens (tertiary/aromatic N) is 2. The number of esters is 1. The molecule has 2 N–H and O–H groups in total. The second-order valence-electron chi connectivity index (χ2n) is 11.2. The zero-order chi connectivity index (χ0) is 30.0. The Bertz CT molecular complexity index is 1620. The predicted octanol–water partition coefficient (Wildman–Crippen LogP) is 6.19. The van der Waals surface area contributed by atoms with E-state index in [4.69, 9.17) is 8.83 Å². The van der Waals surface area contributed by atoms with Crippen molar-refractivity contribution in [2.75, 3.05) is 12.4 Å². The Morgan fingerprint density at radius 2 is 1.90 bits per heavy atom. The number of amides is 2. The number of aromatic nitrogens is 2. The number of carbonyl (C=O) groups excluding carboxylic acids is 3. The maximum Gasteiger partial charge on any atom is 0.360 e. The van der Waals surface area contributed by atoms with Crippen molar-refractivity contribution >= 4 is 39.4 Å². The third-order valence-electron chi connectivity index (χ3n) is 7.07. The number of benzene rings is 2. The summed E-state index contributed by atoms with van der Waals surface area (Å²) in [5.74, 6) is -0.796. The molecular weight excluding hydrogens is 604 g/mol. The van der Waals surface area contributed by atoms with Gasteiger partial charge in [-0.05, 0) is 56.9 Å². The van der Waals surface area contributed by atoms with Crippen LogP contribution in [0.3, 0.4) is 0 Å². The zero-order valence-electron chi connectivity index (χ0n) is 23.7. The van der Waals surface area contributed by atoms with E-state index in [0.29, 0.717) is 19.3 Å². The van der Waals surface area contributed by atoms with Gasteiger partial charge >= 0.3 is 5.97 Å².